The van der Waals surface area contributed by atoms with Crippen molar-refractivity contribution in [1.82, 2.24) is 0 Å². The molecule has 3 rings (SSSR count). The number of carbonyl (C=O) groups excluding carboxylic acids is 3. The first-order chi connectivity index (χ1) is 13.9. The topological polar surface area (TPSA) is 93.7 Å². The van der Waals surface area contributed by atoms with Crippen molar-refractivity contribution in [2.45, 2.75) is 39.2 Å². The number of esters is 1. The van der Waals surface area contributed by atoms with E-state index in [4.69, 9.17) is 9.47 Å². The van der Waals surface area contributed by atoms with Crippen LogP contribution in [0.5, 0.6) is 5.75 Å². The summed E-state index contributed by atoms with van der Waals surface area (Å²) in [5, 5.41) is 5.30. The zero-order valence-corrected chi connectivity index (χ0v) is 16.5. The highest BCUT2D eigenvalue weighted by Gasteiger charge is 2.19. The smallest absolute Gasteiger partial charge is 0.344 e. The lowest BCUT2D eigenvalue weighted by atomic mass is 10.1. The number of hydrogen-bond donors (Lipinski definition) is 2. The second-order valence-electron chi connectivity index (χ2n) is 6.95. The van der Waals surface area contributed by atoms with Crippen molar-refractivity contribution in [2.24, 2.45) is 0 Å². The minimum Gasteiger partial charge on any atom is -0.482 e. The van der Waals surface area contributed by atoms with Crippen LogP contribution in [0, 0.1) is 0 Å². The van der Waals surface area contributed by atoms with Crippen LogP contribution in [0.1, 0.15) is 31.4 Å². The summed E-state index contributed by atoms with van der Waals surface area (Å²) >= 11 is 0. The predicted octanol–water partition coefficient (Wildman–Crippen LogP) is 3.08. The highest BCUT2D eigenvalue weighted by molar-refractivity contribution is 5.95. The van der Waals surface area contributed by atoms with E-state index in [2.05, 4.69) is 10.6 Å². The zero-order valence-electron chi connectivity index (χ0n) is 16.5. The van der Waals surface area contributed by atoms with Crippen LogP contribution in [0.15, 0.2) is 42.5 Å². The SMILES string of the molecule is CC(=O)Nc1ccc(NC(=O)[C@H](C)OC(=O)COc2ccc3c(c2)CCC3)cc1. The Balaban J connectivity index is 1.45. The van der Waals surface area contributed by atoms with Crippen LogP contribution in [0.2, 0.25) is 0 Å². The van der Waals surface area contributed by atoms with Crippen molar-refractivity contribution < 1.29 is 23.9 Å². The van der Waals surface area contributed by atoms with Gasteiger partial charge in [0.1, 0.15) is 5.75 Å². The van der Waals surface area contributed by atoms with E-state index in [1.165, 1.54) is 25.0 Å². The Bertz CT molecular complexity index is 908. The third kappa shape index (κ3) is 5.81. The number of hydrogen-bond acceptors (Lipinski definition) is 5. The second-order valence-corrected chi connectivity index (χ2v) is 6.95. The molecule has 1 aliphatic carbocycles. The summed E-state index contributed by atoms with van der Waals surface area (Å²) in [5.74, 6) is -0.624. The Kier molecular flexibility index (Phi) is 6.49. The van der Waals surface area contributed by atoms with E-state index in [-0.39, 0.29) is 12.5 Å². The Hall–Kier alpha value is -3.35. The van der Waals surface area contributed by atoms with E-state index in [1.807, 2.05) is 18.2 Å². The number of fused-ring (bicyclic) bond motifs is 1. The molecule has 0 aliphatic heterocycles. The van der Waals surface area contributed by atoms with Gasteiger partial charge < -0.3 is 20.1 Å². The van der Waals surface area contributed by atoms with Gasteiger partial charge in [0.15, 0.2) is 12.7 Å². The number of nitrogens with one attached hydrogen (secondary N) is 2. The number of amides is 2. The predicted molar refractivity (Wildman–Crippen MR) is 109 cm³/mol. The Morgan fingerprint density at radius 1 is 0.966 bits per heavy atom. The number of anilines is 2. The van der Waals surface area contributed by atoms with Gasteiger partial charge in [-0.05, 0) is 73.7 Å². The van der Waals surface area contributed by atoms with Gasteiger partial charge in [0, 0.05) is 18.3 Å². The number of ether oxygens (including phenoxy) is 2. The molecular weight excluding hydrogens is 372 g/mol. The summed E-state index contributed by atoms with van der Waals surface area (Å²) < 4.78 is 10.6. The van der Waals surface area contributed by atoms with E-state index >= 15 is 0 Å². The summed E-state index contributed by atoms with van der Waals surface area (Å²) in [6.07, 6.45) is 2.28. The standard InChI is InChI=1S/C22H24N2O5/c1-14(22(27)24-19-9-7-18(8-10-19)23-15(2)25)29-21(26)13-28-20-11-6-16-4-3-5-17(16)12-20/h6-12,14H,3-5,13H2,1-2H3,(H,23,25)(H,24,27)/t14-/m0/s1. The fourth-order valence-corrected chi connectivity index (χ4v) is 3.15. The first kappa shape index (κ1) is 20.4. The quantitative estimate of drug-likeness (QED) is 0.702. The molecule has 2 aromatic carbocycles. The summed E-state index contributed by atoms with van der Waals surface area (Å²) in [6.45, 7) is 2.65. The molecule has 0 saturated heterocycles. The van der Waals surface area contributed by atoms with Crippen molar-refractivity contribution in [3.63, 3.8) is 0 Å². The fraction of sp³-hybridized carbons (Fsp3) is 0.318. The lowest BCUT2D eigenvalue weighted by Gasteiger charge is -2.14. The van der Waals surface area contributed by atoms with Crippen LogP contribution < -0.4 is 15.4 Å². The number of rotatable bonds is 7. The Morgan fingerprint density at radius 2 is 1.62 bits per heavy atom. The minimum atomic E-state index is -0.971. The third-order valence-electron chi connectivity index (χ3n) is 4.58. The molecule has 0 bridgehead atoms. The van der Waals surface area contributed by atoms with E-state index in [0.29, 0.717) is 17.1 Å². The number of carbonyl (C=O) groups is 3. The molecule has 0 fully saturated rings. The van der Waals surface area contributed by atoms with E-state index in [0.717, 1.165) is 19.3 Å². The molecule has 2 aromatic rings. The average molecular weight is 396 g/mol. The molecule has 1 atom stereocenters. The van der Waals surface area contributed by atoms with Gasteiger partial charge in [-0.1, -0.05) is 6.07 Å². The maximum absolute atomic E-state index is 12.2. The van der Waals surface area contributed by atoms with Crippen molar-refractivity contribution in [2.75, 3.05) is 17.2 Å². The number of aryl methyl sites for hydroxylation is 2. The normalized spacial score (nSPS) is 13.2. The van der Waals surface area contributed by atoms with Gasteiger partial charge in [0.25, 0.3) is 5.91 Å². The lowest BCUT2D eigenvalue weighted by Crippen LogP contribution is -2.31. The molecule has 0 aromatic heterocycles. The van der Waals surface area contributed by atoms with Crippen LogP contribution in [0.25, 0.3) is 0 Å². The Labute approximate surface area is 169 Å². The molecule has 0 radical (unpaired) electrons. The molecule has 0 spiro atoms. The minimum absolute atomic E-state index is 0.176. The van der Waals surface area contributed by atoms with Crippen molar-refractivity contribution in [1.29, 1.82) is 0 Å². The van der Waals surface area contributed by atoms with Gasteiger partial charge in [0.05, 0.1) is 0 Å². The maximum Gasteiger partial charge on any atom is 0.344 e. The Morgan fingerprint density at radius 3 is 2.31 bits per heavy atom. The largest absolute Gasteiger partial charge is 0.482 e. The number of benzene rings is 2. The molecular formula is C22H24N2O5. The van der Waals surface area contributed by atoms with Crippen LogP contribution in [-0.4, -0.2) is 30.5 Å². The van der Waals surface area contributed by atoms with Gasteiger partial charge in [-0.15, -0.1) is 0 Å². The second kappa shape index (κ2) is 9.23. The van der Waals surface area contributed by atoms with Gasteiger partial charge in [-0.2, -0.15) is 0 Å². The molecule has 0 unspecified atom stereocenters. The van der Waals surface area contributed by atoms with Crippen molar-refractivity contribution >= 4 is 29.2 Å². The molecule has 152 valence electrons. The average Bonchev–Trinajstić information content (AvgIpc) is 3.15. The van der Waals surface area contributed by atoms with Crippen molar-refractivity contribution in [3.8, 4) is 5.75 Å². The fourth-order valence-electron chi connectivity index (χ4n) is 3.15. The summed E-state index contributed by atoms with van der Waals surface area (Å²) in [4.78, 5) is 35.2. The molecule has 2 amide bonds. The molecule has 1 aliphatic rings. The summed E-state index contributed by atoms with van der Waals surface area (Å²) in [5.41, 5.74) is 3.74. The van der Waals surface area contributed by atoms with E-state index in [9.17, 15) is 14.4 Å². The molecule has 7 nitrogen and oxygen atoms in total. The molecule has 0 heterocycles. The van der Waals surface area contributed by atoms with Crippen molar-refractivity contribution in [3.05, 3.63) is 53.6 Å². The van der Waals surface area contributed by atoms with Gasteiger partial charge in [-0.3, -0.25) is 9.59 Å². The summed E-state index contributed by atoms with van der Waals surface area (Å²) in [7, 11) is 0. The molecule has 2 N–H and O–H groups in total. The van der Waals surface area contributed by atoms with Crippen LogP contribution >= 0.6 is 0 Å². The maximum atomic E-state index is 12.2. The van der Waals surface area contributed by atoms with Crippen LogP contribution in [0.4, 0.5) is 11.4 Å². The van der Waals surface area contributed by atoms with Crippen LogP contribution in [-0.2, 0) is 32.0 Å². The first-order valence-electron chi connectivity index (χ1n) is 9.53. The van der Waals surface area contributed by atoms with Gasteiger partial charge >= 0.3 is 5.97 Å². The van der Waals surface area contributed by atoms with E-state index < -0.39 is 18.0 Å². The monoisotopic (exact) mass is 396 g/mol. The van der Waals surface area contributed by atoms with Gasteiger partial charge in [0.2, 0.25) is 5.91 Å². The lowest BCUT2D eigenvalue weighted by molar-refractivity contribution is -0.155. The highest BCUT2D eigenvalue weighted by Crippen LogP contribution is 2.26. The van der Waals surface area contributed by atoms with E-state index in [1.54, 1.807) is 24.3 Å². The molecule has 7 heteroatoms. The van der Waals surface area contributed by atoms with Gasteiger partial charge in [-0.25, -0.2) is 4.79 Å². The third-order valence-corrected chi connectivity index (χ3v) is 4.58. The molecule has 29 heavy (non-hydrogen) atoms. The molecule has 0 saturated carbocycles. The zero-order chi connectivity index (χ0) is 20.8. The highest BCUT2D eigenvalue weighted by atomic mass is 16.6. The summed E-state index contributed by atoms with van der Waals surface area (Å²) in [6, 6.07) is 12.4. The van der Waals surface area contributed by atoms with Crippen LogP contribution in [0.3, 0.4) is 0 Å². The first-order valence-corrected chi connectivity index (χ1v) is 9.53.